The Morgan fingerprint density at radius 3 is 2.82 bits per heavy atom. The molecule has 0 spiro atoms. The fraction of sp³-hybridized carbons (Fsp3) is 0.312. The van der Waals surface area contributed by atoms with Gasteiger partial charge in [0.25, 0.3) is 5.91 Å². The normalized spacial score (nSPS) is 23.9. The number of carboxylic acids is 1. The van der Waals surface area contributed by atoms with E-state index in [0.717, 1.165) is 17.5 Å². The number of carbonyl (C=O) groups is 2. The molecule has 0 bridgehead atoms. The summed E-state index contributed by atoms with van der Waals surface area (Å²) in [5, 5.41) is 9.73. The minimum Gasteiger partial charge on any atom is -0.478 e. The van der Waals surface area contributed by atoms with E-state index in [0.29, 0.717) is 12.1 Å². The van der Waals surface area contributed by atoms with Crippen LogP contribution in [0.5, 0.6) is 0 Å². The van der Waals surface area contributed by atoms with Crippen molar-refractivity contribution in [1.82, 2.24) is 4.90 Å². The van der Waals surface area contributed by atoms with Crippen molar-refractivity contribution in [3.05, 3.63) is 47.5 Å². The number of carbonyl (C=O) groups excluding carboxylic acids is 1. The van der Waals surface area contributed by atoms with Gasteiger partial charge in [-0.15, -0.1) is 0 Å². The molecule has 3 rings (SSSR count). The number of aliphatic carboxylic acids is 1. The Morgan fingerprint density at radius 2 is 2.14 bits per heavy atom. The van der Waals surface area contributed by atoms with Crippen molar-refractivity contribution in [2.45, 2.75) is 24.8 Å². The first kappa shape index (κ1) is 14.8. The van der Waals surface area contributed by atoms with Crippen molar-refractivity contribution in [2.24, 2.45) is 4.99 Å². The Bertz CT molecular complexity index is 669. The van der Waals surface area contributed by atoms with Crippen LogP contribution in [0.25, 0.3) is 0 Å². The zero-order valence-electron chi connectivity index (χ0n) is 12.1. The fourth-order valence-electron chi connectivity index (χ4n) is 2.63. The third-order valence-corrected chi connectivity index (χ3v) is 4.92. The lowest BCUT2D eigenvalue weighted by Crippen LogP contribution is -2.60. The lowest BCUT2D eigenvalue weighted by Gasteiger charge is -2.41. The summed E-state index contributed by atoms with van der Waals surface area (Å²) in [6.07, 6.45) is 1.88. The van der Waals surface area contributed by atoms with Crippen LogP contribution in [0, 0.1) is 0 Å². The standard InChI is InChI=1S/C16H16N2O3S/c1-10(7-13(19)20)9-18-15(21)14-16(18)22-12(17-14)8-11-5-3-2-4-6-11/h2-7,14,16H,8-9H2,1H3,(H,19,20). The van der Waals surface area contributed by atoms with Gasteiger partial charge in [-0.2, -0.15) is 0 Å². The van der Waals surface area contributed by atoms with E-state index in [1.807, 2.05) is 30.3 Å². The molecule has 1 N–H and O–H groups in total. The average molecular weight is 316 g/mol. The quantitative estimate of drug-likeness (QED) is 0.666. The number of fused-ring (bicyclic) bond motifs is 1. The molecule has 6 heteroatoms. The summed E-state index contributed by atoms with van der Waals surface area (Å²) in [6.45, 7) is 2.08. The summed E-state index contributed by atoms with van der Waals surface area (Å²) in [5.74, 6) is -0.999. The van der Waals surface area contributed by atoms with E-state index in [4.69, 9.17) is 5.11 Å². The Labute approximate surface area is 132 Å². The Balaban J connectivity index is 1.63. The highest BCUT2D eigenvalue weighted by Crippen LogP contribution is 2.40. The number of benzene rings is 1. The number of likely N-dealkylation sites (tertiary alicyclic amines) is 1. The Kier molecular flexibility index (Phi) is 4.02. The van der Waals surface area contributed by atoms with Crippen LogP contribution in [0.3, 0.4) is 0 Å². The largest absolute Gasteiger partial charge is 0.478 e. The van der Waals surface area contributed by atoms with Crippen molar-refractivity contribution in [1.29, 1.82) is 0 Å². The molecule has 114 valence electrons. The van der Waals surface area contributed by atoms with Gasteiger partial charge in [0.2, 0.25) is 0 Å². The molecule has 5 nitrogen and oxygen atoms in total. The van der Waals surface area contributed by atoms with Gasteiger partial charge in [-0.25, -0.2) is 4.79 Å². The van der Waals surface area contributed by atoms with Crippen LogP contribution in [0.1, 0.15) is 12.5 Å². The van der Waals surface area contributed by atoms with Gasteiger partial charge in [-0.3, -0.25) is 9.79 Å². The fourth-order valence-corrected chi connectivity index (χ4v) is 3.94. The molecule has 2 aliphatic heterocycles. The molecule has 1 aromatic carbocycles. The topological polar surface area (TPSA) is 70.0 Å². The van der Waals surface area contributed by atoms with Crippen LogP contribution >= 0.6 is 11.8 Å². The van der Waals surface area contributed by atoms with E-state index >= 15 is 0 Å². The average Bonchev–Trinajstić information content (AvgIpc) is 2.85. The highest BCUT2D eigenvalue weighted by atomic mass is 32.2. The van der Waals surface area contributed by atoms with Gasteiger partial charge >= 0.3 is 5.97 Å². The van der Waals surface area contributed by atoms with E-state index in [2.05, 4.69) is 4.99 Å². The van der Waals surface area contributed by atoms with Gasteiger partial charge in [-0.1, -0.05) is 42.1 Å². The number of nitrogens with zero attached hydrogens (tertiary/aromatic N) is 2. The van der Waals surface area contributed by atoms with Gasteiger partial charge in [0.15, 0.2) is 6.04 Å². The van der Waals surface area contributed by atoms with Crippen molar-refractivity contribution < 1.29 is 14.7 Å². The number of hydrogen-bond donors (Lipinski definition) is 1. The van der Waals surface area contributed by atoms with Gasteiger partial charge in [0, 0.05) is 19.0 Å². The second kappa shape index (κ2) is 5.96. The van der Waals surface area contributed by atoms with Crippen LogP contribution < -0.4 is 0 Å². The van der Waals surface area contributed by atoms with Gasteiger partial charge in [0.1, 0.15) is 5.37 Å². The molecule has 0 aliphatic carbocycles. The highest BCUT2D eigenvalue weighted by Gasteiger charge is 2.51. The molecular weight excluding hydrogens is 300 g/mol. The molecule has 2 aliphatic rings. The van der Waals surface area contributed by atoms with Crippen molar-refractivity contribution in [3.63, 3.8) is 0 Å². The maximum Gasteiger partial charge on any atom is 0.328 e. The van der Waals surface area contributed by atoms with Crippen LogP contribution in [0.2, 0.25) is 0 Å². The summed E-state index contributed by atoms with van der Waals surface area (Å²) < 4.78 is 0. The van der Waals surface area contributed by atoms with Gasteiger partial charge in [0.05, 0.1) is 5.04 Å². The maximum atomic E-state index is 12.1. The lowest BCUT2D eigenvalue weighted by atomic mass is 10.1. The predicted octanol–water partition coefficient (Wildman–Crippen LogP) is 1.94. The first-order chi connectivity index (χ1) is 10.5. The smallest absolute Gasteiger partial charge is 0.328 e. The SMILES string of the molecule is CC(=CC(=O)O)CN1C(=O)C2N=C(Cc3ccccc3)SC21. The maximum absolute atomic E-state index is 12.1. The summed E-state index contributed by atoms with van der Waals surface area (Å²) in [7, 11) is 0. The number of amides is 1. The molecule has 0 aromatic heterocycles. The van der Waals surface area contributed by atoms with E-state index in [9.17, 15) is 9.59 Å². The first-order valence-electron chi connectivity index (χ1n) is 7.02. The second-order valence-electron chi connectivity index (χ2n) is 5.43. The molecule has 2 atom stereocenters. The van der Waals surface area contributed by atoms with Crippen molar-refractivity contribution in [3.8, 4) is 0 Å². The molecule has 1 amide bonds. The number of hydrogen-bond acceptors (Lipinski definition) is 4. The molecule has 1 fully saturated rings. The molecular formula is C16H16N2O3S. The zero-order valence-corrected chi connectivity index (χ0v) is 12.9. The van der Waals surface area contributed by atoms with Crippen LogP contribution in [0.15, 0.2) is 47.0 Å². The summed E-state index contributed by atoms with van der Waals surface area (Å²) in [6, 6.07) is 9.75. The molecule has 1 saturated heterocycles. The van der Waals surface area contributed by atoms with Crippen LogP contribution in [0.4, 0.5) is 0 Å². The molecule has 22 heavy (non-hydrogen) atoms. The lowest BCUT2D eigenvalue weighted by molar-refractivity contribution is -0.143. The zero-order chi connectivity index (χ0) is 15.7. The third-order valence-electron chi connectivity index (χ3n) is 3.64. The summed E-state index contributed by atoms with van der Waals surface area (Å²) in [4.78, 5) is 29.0. The molecule has 2 heterocycles. The monoisotopic (exact) mass is 316 g/mol. The molecule has 0 radical (unpaired) electrons. The number of aliphatic imine (C=N–C) groups is 1. The van der Waals surface area contributed by atoms with E-state index in [1.54, 1.807) is 23.6 Å². The van der Waals surface area contributed by atoms with E-state index in [1.165, 1.54) is 5.56 Å². The second-order valence-corrected chi connectivity index (χ2v) is 6.62. The number of rotatable bonds is 5. The van der Waals surface area contributed by atoms with Gasteiger partial charge in [-0.05, 0) is 18.1 Å². The predicted molar refractivity (Wildman–Crippen MR) is 85.9 cm³/mol. The van der Waals surface area contributed by atoms with Gasteiger partial charge < -0.3 is 10.0 Å². The summed E-state index contributed by atoms with van der Waals surface area (Å²) >= 11 is 1.61. The number of carboxylic acid groups (broad SMARTS) is 1. The highest BCUT2D eigenvalue weighted by molar-refractivity contribution is 8.14. The molecule has 2 unspecified atom stereocenters. The minimum atomic E-state index is -0.984. The number of thioether (sulfide) groups is 1. The minimum absolute atomic E-state index is 0.0151. The van der Waals surface area contributed by atoms with Crippen LogP contribution in [-0.2, 0) is 16.0 Å². The van der Waals surface area contributed by atoms with Crippen LogP contribution in [-0.4, -0.2) is 44.9 Å². The third kappa shape index (κ3) is 2.92. The molecule has 1 aromatic rings. The molecule has 0 saturated carbocycles. The van der Waals surface area contributed by atoms with Crippen molar-refractivity contribution >= 4 is 28.7 Å². The summed E-state index contributed by atoms with van der Waals surface area (Å²) in [5.41, 5.74) is 1.84. The Hall–Kier alpha value is -2.08. The van der Waals surface area contributed by atoms with Crippen molar-refractivity contribution in [2.75, 3.05) is 6.54 Å². The first-order valence-corrected chi connectivity index (χ1v) is 7.90. The van der Waals surface area contributed by atoms with E-state index in [-0.39, 0.29) is 17.3 Å². The van der Waals surface area contributed by atoms with E-state index < -0.39 is 5.97 Å². The number of β-lactam (4-membered cyclic amide) rings is 1. The Morgan fingerprint density at radius 1 is 1.41 bits per heavy atom.